The first kappa shape index (κ1) is 20.1. The maximum absolute atomic E-state index is 2.42. The van der Waals surface area contributed by atoms with Crippen molar-refractivity contribution < 1.29 is 0 Å². The average molecular weight is 451 g/mol. The standard InChI is InChI=1S/C33H26N2/c1-21-9-14-30-27(17-21)26-13-12-25(20-33(26)34(30)24-7-5-4-6-8-24)35-31-15-10-22(2)18-28(31)29-19-23(3)11-16-32(29)35/h4-20H,1-3H3. The molecular formula is C33H26N2. The number of para-hydroxylation sites is 1. The van der Waals surface area contributed by atoms with E-state index >= 15 is 0 Å². The van der Waals surface area contributed by atoms with E-state index in [4.69, 9.17) is 0 Å². The molecule has 0 aliphatic rings. The van der Waals surface area contributed by atoms with Crippen LogP contribution in [0.4, 0.5) is 0 Å². The van der Waals surface area contributed by atoms with Crippen LogP contribution in [-0.2, 0) is 0 Å². The van der Waals surface area contributed by atoms with Gasteiger partial charge >= 0.3 is 0 Å². The van der Waals surface area contributed by atoms with Crippen molar-refractivity contribution in [3.05, 3.63) is 120 Å². The first-order valence-electron chi connectivity index (χ1n) is 12.2. The van der Waals surface area contributed by atoms with Gasteiger partial charge in [-0.2, -0.15) is 0 Å². The summed E-state index contributed by atoms with van der Waals surface area (Å²) < 4.78 is 4.82. The minimum Gasteiger partial charge on any atom is -0.309 e. The average Bonchev–Trinajstić information content (AvgIpc) is 3.35. The minimum absolute atomic E-state index is 1.18. The van der Waals surface area contributed by atoms with Crippen molar-refractivity contribution in [2.75, 3.05) is 0 Å². The molecule has 0 aliphatic carbocycles. The van der Waals surface area contributed by atoms with Crippen molar-refractivity contribution in [2.45, 2.75) is 20.8 Å². The highest BCUT2D eigenvalue weighted by atomic mass is 15.0. The summed E-state index contributed by atoms with van der Waals surface area (Å²) in [6.07, 6.45) is 0. The van der Waals surface area contributed by atoms with Gasteiger partial charge in [0, 0.05) is 32.9 Å². The molecule has 0 bridgehead atoms. The van der Waals surface area contributed by atoms with Gasteiger partial charge in [-0.15, -0.1) is 0 Å². The third kappa shape index (κ3) is 2.96. The normalized spacial score (nSPS) is 11.9. The van der Waals surface area contributed by atoms with E-state index in [1.165, 1.54) is 71.7 Å². The molecule has 0 fully saturated rings. The molecule has 0 saturated carbocycles. The number of aromatic nitrogens is 2. The summed E-state index contributed by atoms with van der Waals surface area (Å²) in [5, 5.41) is 5.19. The molecule has 2 heterocycles. The van der Waals surface area contributed by atoms with Crippen molar-refractivity contribution in [3.63, 3.8) is 0 Å². The van der Waals surface area contributed by atoms with Crippen LogP contribution >= 0.6 is 0 Å². The van der Waals surface area contributed by atoms with E-state index in [9.17, 15) is 0 Å². The van der Waals surface area contributed by atoms with Crippen molar-refractivity contribution in [3.8, 4) is 11.4 Å². The number of fused-ring (bicyclic) bond motifs is 6. The molecule has 0 N–H and O–H groups in total. The molecule has 0 saturated heterocycles. The first-order valence-corrected chi connectivity index (χ1v) is 12.2. The summed E-state index contributed by atoms with van der Waals surface area (Å²) in [5.74, 6) is 0. The molecule has 2 nitrogen and oxygen atoms in total. The maximum atomic E-state index is 2.42. The third-order valence-corrected chi connectivity index (χ3v) is 7.25. The van der Waals surface area contributed by atoms with E-state index in [0.717, 1.165) is 0 Å². The quantitative estimate of drug-likeness (QED) is 0.249. The predicted molar refractivity (Wildman–Crippen MR) is 149 cm³/mol. The van der Waals surface area contributed by atoms with Crippen molar-refractivity contribution in [1.29, 1.82) is 0 Å². The van der Waals surface area contributed by atoms with Crippen LogP contribution in [0.25, 0.3) is 55.0 Å². The van der Waals surface area contributed by atoms with Crippen LogP contribution in [0.2, 0.25) is 0 Å². The second-order valence-corrected chi connectivity index (χ2v) is 9.77. The topological polar surface area (TPSA) is 9.86 Å². The summed E-state index contributed by atoms with van der Waals surface area (Å²) in [5.41, 5.74) is 11.2. The van der Waals surface area contributed by atoms with Crippen molar-refractivity contribution in [2.24, 2.45) is 0 Å². The van der Waals surface area contributed by atoms with Gasteiger partial charge in [-0.3, -0.25) is 0 Å². The Morgan fingerprint density at radius 2 is 0.857 bits per heavy atom. The number of hydrogen-bond donors (Lipinski definition) is 0. The van der Waals surface area contributed by atoms with Crippen molar-refractivity contribution >= 4 is 43.6 Å². The fourth-order valence-electron chi connectivity index (χ4n) is 5.65. The molecule has 0 atom stereocenters. The molecule has 0 aliphatic heterocycles. The lowest BCUT2D eigenvalue weighted by Crippen LogP contribution is -1.97. The van der Waals surface area contributed by atoms with Crippen LogP contribution in [0.3, 0.4) is 0 Å². The molecule has 0 radical (unpaired) electrons. The maximum Gasteiger partial charge on any atom is 0.0561 e. The van der Waals surface area contributed by atoms with Gasteiger partial charge in [0.2, 0.25) is 0 Å². The summed E-state index contributed by atoms with van der Waals surface area (Å²) in [4.78, 5) is 0. The Morgan fingerprint density at radius 1 is 0.371 bits per heavy atom. The van der Waals surface area contributed by atoms with Crippen LogP contribution in [0, 0.1) is 20.8 Å². The van der Waals surface area contributed by atoms with Gasteiger partial charge in [0.05, 0.1) is 22.1 Å². The molecule has 0 spiro atoms. The highest BCUT2D eigenvalue weighted by molar-refractivity contribution is 6.12. The zero-order chi connectivity index (χ0) is 23.7. The molecular weight excluding hydrogens is 424 g/mol. The molecule has 7 rings (SSSR count). The van der Waals surface area contributed by atoms with Crippen LogP contribution in [0.15, 0.2) is 103 Å². The molecule has 7 aromatic rings. The Balaban J connectivity index is 1.61. The monoisotopic (exact) mass is 450 g/mol. The number of aryl methyl sites for hydroxylation is 3. The lowest BCUT2D eigenvalue weighted by molar-refractivity contribution is 1.15. The van der Waals surface area contributed by atoms with E-state index in [1.807, 2.05) is 0 Å². The molecule has 5 aromatic carbocycles. The lowest BCUT2D eigenvalue weighted by atomic mass is 10.1. The van der Waals surface area contributed by atoms with E-state index in [-0.39, 0.29) is 0 Å². The molecule has 35 heavy (non-hydrogen) atoms. The summed E-state index contributed by atoms with van der Waals surface area (Å²) in [7, 11) is 0. The van der Waals surface area contributed by atoms with Crippen LogP contribution in [0.5, 0.6) is 0 Å². The van der Waals surface area contributed by atoms with E-state index in [1.54, 1.807) is 0 Å². The molecule has 2 aromatic heterocycles. The first-order chi connectivity index (χ1) is 17.1. The summed E-state index contributed by atoms with van der Waals surface area (Å²) >= 11 is 0. The number of hydrogen-bond acceptors (Lipinski definition) is 0. The second kappa shape index (κ2) is 7.35. The lowest BCUT2D eigenvalue weighted by Gasteiger charge is -2.11. The van der Waals surface area contributed by atoms with Gasteiger partial charge in [0.15, 0.2) is 0 Å². The smallest absolute Gasteiger partial charge is 0.0561 e. The molecule has 0 amide bonds. The SMILES string of the molecule is Cc1ccc2c(c1)c1cc(C)ccc1n2-c1ccc2c3cc(C)ccc3n(-c3ccccc3)c2c1. The Hall–Kier alpha value is -4.30. The predicted octanol–water partition coefficient (Wildman–Crippen LogP) is 8.81. The highest BCUT2D eigenvalue weighted by Crippen LogP contribution is 2.37. The van der Waals surface area contributed by atoms with Crippen molar-refractivity contribution in [1.82, 2.24) is 9.13 Å². The fraction of sp³-hybridized carbons (Fsp3) is 0.0909. The van der Waals surface area contributed by atoms with Gasteiger partial charge in [-0.1, -0.05) is 59.2 Å². The molecule has 0 unspecified atom stereocenters. The Kier molecular flexibility index (Phi) is 4.22. The van der Waals surface area contributed by atoms with Gasteiger partial charge in [-0.05, 0) is 81.4 Å². The van der Waals surface area contributed by atoms with Gasteiger partial charge in [0.1, 0.15) is 0 Å². The Morgan fingerprint density at radius 3 is 1.40 bits per heavy atom. The number of rotatable bonds is 2. The fourth-order valence-corrected chi connectivity index (χ4v) is 5.65. The number of benzene rings is 5. The molecule has 2 heteroatoms. The second-order valence-electron chi connectivity index (χ2n) is 9.77. The zero-order valence-corrected chi connectivity index (χ0v) is 20.2. The Bertz CT molecular complexity index is 1860. The minimum atomic E-state index is 1.18. The van der Waals surface area contributed by atoms with E-state index in [0.29, 0.717) is 0 Å². The summed E-state index contributed by atoms with van der Waals surface area (Å²) in [6.45, 7) is 6.51. The summed E-state index contributed by atoms with van der Waals surface area (Å²) in [6, 6.07) is 38.0. The largest absolute Gasteiger partial charge is 0.309 e. The van der Waals surface area contributed by atoms with E-state index < -0.39 is 0 Å². The van der Waals surface area contributed by atoms with Gasteiger partial charge < -0.3 is 9.13 Å². The zero-order valence-electron chi connectivity index (χ0n) is 20.2. The van der Waals surface area contributed by atoms with Crippen LogP contribution in [-0.4, -0.2) is 9.13 Å². The third-order valence-electron chi connectivity index (χ3n) is 7.25. The highest BCUT2D eigenvalue weighted by Gasteiger charge is 2.16. The van der Waals surface area contributed by atoms with E-state index in [2.05, 4.69) is 133 Å². The van der Waals surface area contributed by atoms with Gasteiger partial charge in [-0.25, -0.2) is 0 Å². The van der Waals surface area contributed by atoms with Gasteiger partial charge in [0.25, 0.3) is 0 Å². The molecule has 168 valence electrons. The number of nitrogens with zero attached hydrogens (tertiary/aromatic N) is 2. The van der Waals surface area contributed by atoms with Crippen LogP contribution in [0.1, 0.15) is 16.7 Å². The van der Waals surface area contributed by atoms with Crippen LogP contribution < -0.4 is 0 Å². The Labute approximate surface area is 204 Å².